The summed E-state index contributed by atoms with van der Waals surface area (Å²) in [5.41, 5.74) is 1.21. The van der Waals surface area contributed by atoms with Gasteiger partial charge in [-0.05, 0) is 41.7 Å². The molecule has 1 fully saturated rings. The molecule has 1 aliphatic carbocycles. The molecule has 5 nitrogen and oxygen atoms in total. The molecule has 0 saturated heterocycles. The van der Waals surface area contributed by atoms with Crippen LogP contribution >= 0.6 is 11.3 Å². The van der Waals surface area contributed by atoms with E-state index in [9.17, 15) is 9.90 Å². The van der Waals surface area contributed by atoms with Gasteiger partial charge in [-0.1, -0.05) is 5.16 Å². The fraction of sp³-hybridized carbons (Fsp3) is 0.429. The second-order valence-corrected chi connectivity index (χ2v) is 5.79. The number of amides is 1. The summed E-state index contributed by atoms with van der Waals surface area (Å²) in [6, 6.07) is 3.60. The lowest BCUT2D eigenvalue weighted by Crippen LogP contribution is -2.25. The lowest BCUT2D eigenvalue weighted by atomic mass is 10.1. The molecule has 2 aromatic rings. The molecule has 1 atom stereocenters. The highest BCUT2D eigenvalue weighted by Crippen LogP contribution is 2.40. The molecule has 0 spiro atoms. The topological polar surface area (TPSA) is 75.4 Å². The van der Waals surface area contributed by atoms with E-state index >= 15 is 0 Å². The van der Waals surface area contributed by atoms with Gasteiger partial charge in [-0.15, -0.1) is 0 Å². The first kappa shape index (κ1) is 13.3. The molecule has 2 aromatic heterocycles. The number of nitrogens with one attached hydrogen (secondary N) is 1. The molecule has 0 unspecified atom stereocenters. The highest BCUT2D eigenvalue weighted by Gasteiger charge is 2.28. The third-order valence-electron chi connectivity index (χ3n) is 3.37. The fourth-order valence-corrected chi connectivity index (χ4v) is 2.71. The number of nitrogens with zero attached hydrogens (tertiary/aromatic N) is 1. The Kier molecular flexibility index (Phi) is 3.84. The number of rotatable bonds is 6. The van der Waals surface area contributed by atoms with Gasteiger partial charge in [0.1, 0.15) is 5.76 Å². The van der Waals surface area contributed by atoms with Gasteiger partial charge in [0, 0.05) is 18.5 Å². The van der Waals surface area contributed by atoms with Crippen LogP contribution in [0, 0.1) is 0 Å². The second-order valence-electron chi connectivity index (χ2n) is 5.01. The SMILES string of the molecule is O=C(NCC[C@H](O)c1ccsc1)c1cc(C2CC2)on1. The molecule has 0 aliphatic heterocycles. The van der Waals surface area contributed by atoms with Crippen LogP contribution in [0.15, 0.2) is 27.4 Å². The quantitative estimate of drug-likeness (QED) is 0.857. The number of thiophene rings is 1. The van der Waals surface area contributed by atoms with Crippen molar-refractivity contribution in [3.05, 3.63) is 39.9 Å². The van der Waals surface area contributed by atoms with Crippen LogP contribution in [0.25, 0.3) is 0 Å². The van der Waals surface area contributed by atoms with Crippen molar-refractivity contribution in [2.75, 3.05) is 6.54 Å². The first-order chi connectivity index (χ1) is 9.74. The Morgan fingerprint density at radius 3 is 3.15 bits per heavy atom. The van der Waals surface area contributed by atoms with E-state index < -0.39 is 6.10 Å². The van der Waals surface area contributed by atoms with Gasteiger partial charge < -0.3 is 14.9 Å². The third-order valence-corrected chi connectivity index (χ3v) is 4.07. The molecular formula is C14H16N2O3S. The van der Waals surface area contributed by atoms with Crippen molar-refractivity contribution in [3.8, 4) is 0 Å². The summed E-state index contributed by atoms with van der Waals surface area (Å²) in [6.45, 7) is 0.404. The zero-order valence-corrected chi connectivity index (χ0v) is 11.7. The zero-order chi connectivity index (χ0) is 13.9. The maximum absolute atomic E-state index is 11.9. The van der Waals surface area contributed by atoms with Crippen LogP contribution in [-0.4, -0.2) is 22.7 Å². The minimum absolute atomic E-state index is 0.252. The summed E-state index contributed by atoms with van der Waals surface area (Å²) in [6.07, 6.45) is 2.17. The lowest BCUT2D eigenvalue weighted by Gasteiger charge is -2.08. The molecule has 20 heavy (non-hydrogen) atoms. The van der Waals surface area contributed by atoms with Crippen LogP contribution in [0.5, 0.6) is 0 Å². The van der Waals surface area contributed by atoms with E-state index in [4.69, 9.17) is 4.52 Å². The van der Waals surface area contributed by atoms with Gasteiger partial charge in [-0.25, -0.2) is 0 Å². The Hall–Kier alpha value is -1.66. The minimum atomic E-state index is -0.541. The standard InChI is InChI=1S/C14H16N2O3S/c17-12(10-4-6-20-8-10)3-5-15-14(18)11-7-13(19-16-11)9-1-2-9/h4,6-9,12,17H,1-3,5H2,(H,15,18)/t12-/m0/s1. The van der Waals surface area contributed by atoms with Crippen molar-refractivity contribution in [1.82, 2.24) is 10.5 Å². The third kappa shape index (κ3) is 3.08. The van der Waals surface area contributed by atoms with Crippen molar-refractivity contribution < 1.29 is 14.4 Å². The molecule has 3 rings (SSSR count). The van der Waals surface area contributed by atoms with Crippen molar-refractivity contribution in [1.29, 1.82) is 0 Å². The van der Waals surface area contributed by atoms with Gasteiger partial charge in [0.2, 0.25) is 0 Å². The van der Waals surface area contributed by atoms with Crippen molar-refractivity contribution >= 4 is 17.2 Å². The maximum atomic E-state index is 11.9. The van der Waals surface area contributed by atoms with Crippen LogP contribution in [0.2, 0.25) is 0 Å². The highest BCUT2D eigenvalue weighted by molar-refractivity contribution is 7.07. The van der Waals surface area contributed by atoms with Gasteiger partial charge in [-0.3, -0.25) is 4.79 Å². The molecule has 1 saturated carbocycles. The zero-order valence-electron chi connectivity index (χ0n) is 10.9. The van der Waals surface area contributed by atoms with Gasteiger partial charge in [-0.2, -0.15) is 11.3 Å². The highest BCUT2D eigenvalue weighted by atomic mass is 32.1. The van der Waals surface area contributed by atoms with Gasteiger partial charge >= 0.3 is 0 Å². The molecule has 1 amide bonds. The van der Waals surface area contributed by atoms with Crippen LogP contribution < -0.4 is 5.32 Å². The monoisotopic (exact) mass is 292 g/mol. The largest absolute Gasteiger partial charge is 0.388 e. The van der Waals surface area contributed by atoms with E-state index in [1.807, 2.05) is 16.8 Å². The fourth-order valence-electron chi connectivity index (χ4n) is 2.00. The summed E-state index contributed by atoms with van der Waals surface area (Å²) in [7, 11) is 0. The van der Waals surface area contributed by atoms with E-state index in [-0.39, 0.29) is 5.91 Å². The molecule has 6 heteroatoms. The van der Waals surface area contributed by atoms with E-state index in [0.717, 1.165) is 24.2 Å². The van der Waals surface area contributed by atoms with Crippen LogP contribution in [0.4, 0.5) is 0 Å². The number of carbonyl (C=O) groups is 1. The Labute approximate surface area is 120 Å². The summed E-state index contributed by atoms with van der Waals surface area (Å²) in [5, 5.41) is 20.3. The van der Waals surface area contributed by atoms with Crippen LogP contribution in [-0.2, 0) is 0 Å². The smallest absolute Gasteiger partial charge is 0.273 e. The number of aromatic nitrogens is 1. The number of carbonyl (C=O) groups excluding carboxylic acids is 1. The molecule has 0 aromatic carbocycles. The predicted molar refractivity (Wildman–Crippen MR) is 74.7 cm³/mol. The number of aliphatic hydroxyl groups excluding tert-OH is 1. The van der Waals surface area contributed by atoms with Crippen LogP contribution in [0.1, 0.15) is 53.1 Å². The van der Waals surface area contributed by atoms with E-state index in [1.165, 1.54) is 0 Å². The van der Waals surface area contributed by atoms with Gasteiger partial charge in [0.15, 0.2) is 5.69 Å². The Bertz CT molecular complexity index is 575. The summed E-state index contributed by atoms with van der Waals surface area (Å²) >= 11 is 1.55. The Morgan fingerprint density at radius 2 is 2.45 bits per heavy atom. The Morgan fingerprint density at radius 1 is 1.60 bits per heavy atom. The number of hydrogen-bond donors (Lipinski definition) is 2. The lowest BCUT2D eigenvalue weighted by molar-refractivity contribution is 0.0933. The van der Waals surface area contributed by atoms with Crippen LogP contribution in [0.3, 0.4) is 0 Å². The van der Waals surface area contributed by atoms with E-state index in [0.29, 0.717) is 24.6 Å². The van der Waals surface area contributed by atoms with Crippen molar-refractivity contribution in [2.24, 2.45) is 0 Å². The normalized spacial score (nSPS) is 16.1. The summed E-state index contributed by atoms with van der Waals surface area (Å²) < 4.78 is 5.14. The molecule has 2 heterocycles. The molecule has 0 bridgehead atoms. The van der Waals surface area contributed by atoms with Gasteiger partial charge in [0.05, 0.1) is 6.10 Å². The number of hydrogen-bond acceptors (Lipinski definition) is 5. The summed E-state index contributed by atoms with van der Waals surface area (Å²) in [5.74, 6) is 0.996. The average molecular weight is 292 g/mol. The molecule has 1 aliphatic rings. The predicted octanol–water partition coefficient (Wildman–Crippen LogP) is 2.47. The van der Waals surface area contributed by atoms with E-state index in [1.54, 1.807) is 17.4 Å². The van der Waals surface area contributed by atoms with E-state index in [2.05, 4.69) is 10.5 Å². The Balaban J connectivity index is 1.46. The van der Waals surface area contributed by atoms with Gasteiger partial charge in [0.25, 0.3) is 5.91 Å². The maximum Gasteiger partial charge on any atom is 0.273 e. The molecular weight excluding hydrogens is 276 g/mol. The summed E-state index contributed by atoms with van der Waals surface area (Å²) in [4.78, 5) is 11.9. The second kappa shape index (κ2) is 5.76. The van der Waals surface area contributed by atoms with Crippen molar-refractivity contribution in [2.45, 2.75) is 31.3 Å². The number of aliphatic hydroxyl groups is 1. The first-order valence-electron chi connectivity index (χ1n) is 6.69. The van der Waals surface area contributed by atoms with Crippen molar-refractivity contribution in [3.63, 3.8) is 0 Å². The average Bonchev–Trinajstić information content (AvgIpc) is 2.97. The molecule has 0 radical (unpaired) electrons. The first-order valence-corrected chi connectivity index (χ1v) is 7.63. The minimum Gasteiger partial charge on any atom is -0.388 e. The molecule has 2 N–H and O–H groups in total. The molecule has 106 valence electrons.